The fraction of sp³-hybridized carbons (Fsp3) is 0.455. The molecule has 1 aromatic rings. The molecule has 0 aliphatic heterocycles. The van der Waals surface area contributed by atoms with Crippen LogP contribution < -0.4 is 0 Å². The Hall–Kier alpha value is -0.300. The maximum Gasteiger partial charge on any atom is 0.0352 e. The van der Waals surface area contributed by atoms with Gasteiger partial charge in [0.05, 0.1) is 0 Å². The molecule has 0 N–H and O–H groups in total. The normalized spacial score (nSPS) is 48.9. The first-order chi connectivity index (χ1) is 9.25. The largest absolute Gasteiger partial charge is 0.0609 e. The number of benzene rings is 1. The Morgan fingerprint density at radius 3 is 2.83 bits per heavy atom. The minimum atomic E-state index is -3.16. The molecular weight excluding hydrogens is 212 g/mol. The van der Waals surface area contributed by atoms with Crippen LogP contribution in [0.15, 0.2) is 28.7 Å². The van der Waals surface area contributed by atoms with Crippen LogP contribution in [0.5, 0.6) is 0 Å². The molecule has 0 aromatic heterocycles. The summed E-state index contributed by atoms with van der Waals surface area (Å²) in [6.45, 7) is 0. The summed E-state index contributed by atoms with van der Waals surface area (Å²) in [4.78, 5) is 0. The lowest BCUT2D eigenvalue weighted by Crippen LogP contribution is -1.90. The van der Waals surface area contributed by atoms with Crippen molar-refractivity contribution in [3.63, 3.8) is 0 Å². The topological polar surface area (TPSA) is 0 Å². The number of hydrogen-bond acceptors (Lipinski definition) is 0. The summed E-state index contributed by atoms with van der Waals surface area (Å²) in [6, 6.07) is 5.71. The third kappa shape index (κ3) is 1.71. The van der Waals surface area contributed by atoms with Crippen LogP contribution in [0, 0.1) is 0 Å². The Labute approximate surface area is 94.8 Å². The fourth-order valence-corrected chi connectivity index (χ4v) is 1.41. The van der Waals surface area contributed by atoms with Crippen LogP contribution in [0.2, 0.25) is 0 Å². The molecule has 1 heteroatoms. The summed E-state index contributed by atoms with van der Waals surface area (Å²) in [5.41, 5.74) is -0.114. The van der Waals surface area contributed by atoms with Crippen molar-refractivity contribution in [2.24, 2.45) is 0 Å². The molecule has 0 unspecified atom stereocenters. The average molecular weight is 234 g/mol. The molecule has 0 nitrogen and oxygen atoms in total. The van der Waals surface area contributed by atoms with Gasteiger partial charge >= 0.3 is 0 Å². The highest BCUT2D eigenvalue weighted by molar-refractivity contribution is 9.10. The molecule has 0 spiro atoms. The first kappa shape index (κ1) is 2.84. The van der Waals surface area contributed by atoms with Gasteiger partial charge in [0.25, 0.3) is 0 Å². The van der Waals surface area contributed by atoms with Gasteiger partial charge in [-0.15, -0.1) is 0 Å². The lowest BCUT2D eigenvalue weighted by molar-refractivity contribution is 0.723. The van der Waals surface area contributed by atoms with Gasteiger partial charge in [-0.1, -0.05) is 40.8 Å². The quantitative estimate of drug-likeness (QED) is 0.686. The zero-order chi connectivity index (χ0) is 16.5. The molecule has 1 aromatic carbocycles. The van der Waals surface area contributed by atoms with E-state index in [1.54, 1.807) is 6.07 Å². The van der Waals surface area contributed by atoms with Crippen molar-refractivity contribution in [3.8, 4) is 0 Å². The standard InChI is InChI=1S/C11H13Br/c12-11-7-3-6-10(8-11)9-4-1-2-5-9/h3,6-9H,1-2,4-5H2/i1D2,2D2,4D2,5D2,9D. The molecule has 0 saturated heterocycles. The van der Waals surface area contributed by atoms with Gasteiger partial charge in [-0.3, -0.25) is 0 Å². The first-order valence-corrected chi connectivity index (χ1v) is 4.30. The monoisotopic (exact) mass is 233 g/mol. The first-order valence-electron chi connectivity index (χ1n) is 8.01. The highest BCUT2D eigenvalue weighted by Gasteiger charge is 2.16. The van der Waals surface area contributed by atoms with Crippen molar-refractivity contribution >= 4 is 15.9 Å². The van der Waals surface area contributed by atoms with E-state index < -0.39 is 31.4 Å². The highest BCUT2D eigenvalue weighted by atomic mass is 79.9. The summed E-state index contributed by atoms with van der Waals surface area (Å²) in [6.07, 6.45) is -12.4. The molecule has 2 rings (SSSR count). The smallest absolute Gasteiger partial charge is 0.0352 e. The molecule has 1 aliphatic rings. The van der Waals surface area contributed by atoms with Gasteiger partial charge in [-0.2, -0.15) is 0 Å². The molecule has 1 aliphatic carbocycles. The summed E-state index contributed by atoms with van der Waals surface area (Å²) >= 11 is 3.15. The summed E-state index contributed by atoms with van der Waals surface area (Å²) in [7, 11) is 0. The number of rotatable bonds is 1. The molecule has 1 fully saturated rings. The minimum absolute atomic E-state index is 0.114. The molecule has 0 amide bonds. The van der Waals surface area contributed by atoms with Crippen molar-refractivity contribution in [1.82, 2.24) is 0 Å². The number of halogens is 1. The van der Waals surface area contributed by atoms with Gasteiger partial charge < -0.3 is 0 Å². The zero-order valence-electron chi connectivity index (χ0n) is 15.2. The van der Waals surface area contributed by atoms with Gasteiger partial charge in [0, 0.05) is 16.8 Å². The summed E-state index contributed by atoms with van der Waals surface area (Å²) < 4.78 is 71.7. The molecule has 0 heterocycles. The van der Waals surface area contributed by atoms with Gasteiger partial charge in [-0.25, -0.2) is 0 Å². The van der Waals surface area contributed by atoms with Crippen molar-refractivity contribution < 1.29 is 12.3 Å². The van der Waals surface area contributed by atoms with Crippen molar-refractivity contribution in [1.29, 1.82) is 0 Å². The Morgan fingerprint density at radius 1 is 1.42 bits per heavy atom. The SMILES string of the molecule is [2H]C1([2H])C([2H])([2H])C([2H])([2H])C([2H])(c2cccc(Br)c2)C1([2H])[2H]. The van der Waals surface area contributed by atoms with Crippen LogP contribution in [0.4, 0.5) is 0 Å². The second kappa shape index (κ2) is 3.61. The van der Waals surface area contributed by atoms with Crippen LogP contribution in [0.1, 0.15) is 49.3 Å². The van der Waals surface area contributed by atoms with E-state index in [4.69, 9.17) is 12.3 Å². The van der Waals surface area contributed by atoms with Gasteiger partial charge in [-0.05, 0) is 36.3 Å². The average Bonchev–Trinajstić information content (AvgIpc) is 2.40. The van der Waals surface area contributed by atoms with E-state index in [0.29, 0.717) is 4.47 Å². The maximum absolute atomic E-state index is 8.38. The molecule has 0 atom stereocenters. The minimum Gasteiger partial charge on any atom is -0.0609 e. The van der Waals surface area contributed by atoms with Crippen molar-refractivity contribution in [2.75, 3.05) is 0 Å². The molecule has 0 bridgehead atoms. The second-order valence-electron chi connectivity index (χ2n) is 2.39. The van der Waals surface area contributed by atoms with E-state index >= 15 is 0 Å². The van der Waals surface area contributed by atoms with Crippen LogP contribution in [-0.2, 0) is 0 Å². The molecule has 0 radical (unpaired) electrons. The molecular formula is C11H13Br. The Balaban J connectivity index is 2.84. The van der Waals surface area contributed by atoms with E-state index in [2.05, 4.69) is 15.9 Å². The molecule has 64 valence electrons. The van der Waals surface area contributed by atoms with Crippen LogP contribution >= 0.6 is 15.9 Å². The lowest BCUT2D eigenvalue weighted by atomic mass is 9.98. The van der Waals surface area contributed by atoms with Gasteiger partial charge in [0.2, 0.25) is 0 Å². The van der Waals surface area contributed by atoms with Crippen LogP contribution in [-0.4, -0.2) is 0 Å². The highest BCUT2D eigenvalue weighted by Crippen LogP contribution is 2.34. The molecule has 12 heavy (non-hydrogen) atoms. The van der Waals surface area contributed by atoms with Crippen LogP contribution in [0.3, 0.4) is 0 Å². The predicted octanol–water partition coefficient (Wildman–Crippen LogP) is 4.11. The third-order valence-corrected chi connectivity index (χ3v) is 2.04. The van der Waals surface area contributed by atoms with E-state index in [1.165, 1.54) is 18.2 Å². The summed E-state index contributed by atoms with van der Waals surface area (Å²) in [5.74, 6) is -2.73. The third-order valence-electron chi connectivity index (χ3n) is 1.55. The summed E-state index contributed by atoms with van der Waals surface area (Å²) in [5, 5.41) is 0. The Morgan fingerprint density at radius 2 is 2.17 bits per heavy atom. The van der Waals surface area contributed by atoms with Crippen molar-refractivity contribution in [2.45, 2.75) is 31.4 Å². The second-order valence-corrected chi connectivity index (χ2v) is 3.30. The van der Waals surface area contributed by atoms with Gasteiger partial charge in [0.1, 0.15) is 0 Å². The number of hydrogen-bond donors (Lipinski definition) is 0. The van der Waals surface area contributed by atoms with E-state index in [-0.39, 0.29) is 5.56 Å². The predicted molar refractivity (Wildman–Crippen MR) is 55.4 cm³/mol. The fourth-order valence-electron chi connectivity index (χ4n) is 1.01. The Bertz CT molecular complexity index is 555. The van der Waals surface area contributed by atoms with Gasteiger partial charge in [0.15, 0.2) is 0 Å². The lowest BCUT2D eigenvalue weighted by Gasteiger charge is -2.08. The Kier molecular flexibility index (Phi) is 0.856. The van der Waals surface area contributed by atoms with E-state index in [9.17, 15) is 0 Å². The zero-order valence-corrected chi connectivity index (χ0v) is 7.77. The van der Waals surface area contributed by atoms with Crippen molar-refractivity contribution in [3.05, 3.63) is 34.3 Å². The van der Waals surface area contributed by atoms with Crippen LogP contribution in [0.25, 0.3) is 0 Å². The van der Waals surface area contributed by atoms with E-state index in [0.717, 1.165) is 0 Å². The van der Waals surface area contributed by atoms with E-state index in [1.807, 2.05) is 0 Å². The molecule has 1 saturated carbocycles. The maximum atomic E-state index is 8.38.